The number of allylic oxidation sites excluding steroid dienone is 1. The Bertz CT molecular complexity index is 403. The van der Waals surface area contributed by atoms with Gasteiger partial charge in [0.2, 0.25) is 0 Å². The van der Waals surface area contributed by atoms with Crippen molar-refractivity contribution >= 4 is 0 Å². The number of hydrogen-bond acceptors (Lipinski definition) is 2. The lowest BCUT2D eigenvalue weighted by Gasteiger charge is -2.25. The first-order chi connectivity index (χ1) is 8.40. The molecule has 1 aliphatic rings. The zero-order valence-corrected chi connectivity index (χ0v) is 9.97. The molecule has 2 nitrogen and oxygen atoms in total. The molecule has 0 heterocycles. The van der Waals surface area contributed by atoms with Crippen LogP contribution in [0, 0.1) is 11.3 Å². The van der Waals surface area contributed by atoms with Crippen LogP contribution in [0.5, 0.6) is 0 Å². The molecule has 17 heavy (non-hydrogen) atoms. The summed E-state index contributed by atoms with van der Waals surface area (Å²) in [5, 5.41) is 12.5. The standard InChI is InChI=1S/C15H18N2/c16-12-11-15(13-7-3-1-4-8-13)17-14-9-5-2-6-10-14/h1-5,7-8,14-15,17H,6,9-11H2. The van der Waals surface area contributed by atoms with Crippen LogP contribution in [0.1, 0.15) is 37.3 Å². The number of nitriles is 1. The van der Waals surface area contributed by atoms with Crippen LogP contribution < -0.4 is 5.32 Å². The van der Waals surface area contributed by atoms with Crippen molar-refractivity contribution in [2.45, 2.75) is 37.8 Å². The molecule has 0 bridgehead atoms. The van der Waals surface area contributed by atoms with Gasteiger partial charge in [0.15, 0.2) is 0 Å². The van der Waals surface area contributed by atoms with Gasteiger partial charge in [-0.2, -0.15) is 5.26 Å². The van der Waals surface area contributed by atoms with Gasteiger partial charge in [-0.05, 0) is 24.8 Å². The summed E-state index contributed by atoms with van der Waals surface area (Å²) >= 11 is 0. The normalized spacial score (nSPS) is 20.8. The fraction of sp³-hybridized carbons (Fsp3) is 0.400. The Morgan fingerprint density at radius 2 is 2.12 bits per heavy atom. The first-order valence-electron chi connectivity index (χ1n) is 6.23. The van der Waals surface area contributed by atoms with Gasteiger partial charge in [0.05, 0.1) is 12.5 Å². The second-order valence-corrected chi connectivity index (χ2v) is 4.47. The van der Waals surface area contributed by atoms with Gasteiger partial charge in [-0.15, -0.1) is 0 Å². The van der Waals surface area contributed by atoms with Crippen molar-refractivity contribution in [3.05, 3.63) is 48.0 Å². The Hall–Kier alpha value is -1.59. The van der Waals surface area contributed by atoms with Crippen LogP contribution in [0.25, 0.3) is 0 Å². The quantitative estimate of drug-likeness (QED) is 0.799. The smallest absolute Gasteiger partial charge is 0.0641 e. The number of benzene rings is 1. The molecule has 0 aliphatic heterocycles. The first kappa shape index (κ1) is 11.9. The van der Waals surface area contributed by atoms with Gasteiger partial charge in [0.1, 0.15) is 0 Å². The summed E-state index contributed by atoms with van der Waals surface area (Å²) in [6.07, 6.45) is 8.39. The molecular formula is C15H18N2. The Labute approximate surface area is 103 Å². The van der Waals surface area contributed by atoms with Crippen LogP contribution in [0.4, 0.5) is 0 Å². The second kappa shape index (κ2) is 6.22. The summed E-state index contributed by atoms with van der Waals surface area (Å²) in [4.78, 5) is 0. The molecule has 1 aliphatic carbocycles. The maximum Gasteiger partial charge on any atom is 0.0641 e. The van der Waals surface area contributed by atoms with Crippen LogP contribution in [0.2, 0.25) is 0 Å². The molecule has 2 rings (SSSR count). The van der Waals surface area contributed by atoms with E-state index in [9.17, 15) is 0 Å². The van der Waals surface area contributed by atoms with E-state index >= 15 is 0 Å². The lowest BCUT2D eigenvalue weighted by Crippen LogP contribution is -2.33. The molecule has 1 N–H and O–H groups in total. The lowest BCUT2D eigenvalue weighted by molar-refractivity contribution is 0.412. The number of nitrogens with one attached hydrogen (secondary N) is 1. The third-order valence-corrected chi connectivity index (χ3v) is 3.20. The average molecular weight is 226 g/mol. The highest BCUT2D eigenvalue weighted by Gasteiger charge is 2.16. The average Bonchev–Trinajstić information content (AvgIpc) is 2.40. The number of hydrogen-bond donors (Lipinski definition) is 1. The molecule has 0 saturated heterocycles. The molecule has 0 amide bonds. The molecule has 2 unspecified atom stereocenters. The third kappa shape index (κ3) is 3.44. The maximum atomic E-state index is 8.92. The Morgan fingerprint density at radius 3 is 2.76 bits per heavy atom. The fourth-order valence-electron chi connectivity index (χ4n) is 2.28. The van der Waals surface area contributed by atoms with Gasteiger partial charge in [0.25, 0.3) is 0 Å². The zero-order chi connectivity index (χ0) is 11.9. The highest BCUT2D eigenvalue weighted by Crippen LogP contribution is 2.20. The summed E-state index contributed by atoms with van der Waals surface area (Å²) in [6.45, 7) is 0. The Balaban J connectivity index is 2.02. The summed E-state index contributed by atoms with van der Waals surface area (Å²) in [7, 11) is 0. The van der Waals surface area contributed by atoms with Gasteiger partial charge in [-0.3, -0.25) is 0 Å². The summed E-state index contributed by atoms with van der Waals surface area (Å²) < 4.78 is 0. The molecule has 88 valence electrons. The van der Waals surface area contributed by atoms with Crippen LogP contribution in [0.15, 0.2) is 42.5 Å². The van der Waals surface area contributed by atoms with E-state index in [0.717, 1.165) is 12.8 Å². The molecule has 2 heteroatoms. The second-order valence-electron chi connectivity index (χ2n) is 4.47. The SMILES string of the molecule is N#CCC(NC1CC=CCC1)c1ccccc1. The van der Waals surface area contributed by atoms with Crippen molar-refractivity contribution in [2.75, 3.05) is 0 Å². The van der Waals surface area contributed by atoms with Crippen molar-refractivity contribution in [2.24, 2.45) is 0 Å². The van der Waals surface area contributed by atoms with Crippen LogP contribution in [0.3, 0.4) is 0 Å². The molecule has 2 atom stereocenters. The van der Waals surface area contributed by atoms with Gasteiger partial charge in [-0.1, -0.05) is 42.5 Å². The topological polar surface area (TPSA) is 35.8 Å². The van der Waals surface area contributed by atoms with Gasteiger partial charge < -0.3 is 5.32 Å². The molecule has 0 radical (unpaired) electrons. The van der Waals surface area contributed by atoms with Crippen molar-refractivity contribution in [1.82, 2.24) is 5.32 Å². The monoisotopic (exact) mass is 226 g/mol. The highest BCUT2D eigenvalue weighted by molar-refractivity contribution is 5.20. The van der Waals surface area contributed by atoms with Crippen molar-refractivity contribution in [1.29, 1.82) is 5.26 Å². The van der Waals surface area contributed by atoms with E-state index < -0.39 is 0 Å². The predicted octanol–water partition coefficient (Wildman–Crippen LogP) is 3.34. The maximum absolute atomic E-state index is 8.92. The summed E-state index contributed by atoms with van der Waals surface area (Å²) in [5.41, 5.74) is 1.21. The summed E-state index contributed by atoms with van der Waals surface area (Å²) in [6, 6.07) is 13.2. The van der Waals surface area contributed by atoms with E-state index in [1.165, 1.54) is 12.0 Å². The largest absolute Gasteiger partial charge is 0.306 e. The molecule has 0 fully saturated rings. The van der Waals surface area contributed by atoms with Crippen molar-refractivity contribution in [3.63, 3.8) is 0 Å². The van der Waals surface area contributed by atoms with E-state index in [-0.39, 0.29) is 6.04 Å². The first-order valence-corrected chi connectivity index (χ1v) is 6.23. The van der Waals surface area contributed by atoms with Crippen LogP contribution >= 0.6 is 0 Å². The molecule has 1 aromatic rings. The highest BCUT2D eigenvalue weighted by atomic mass is 14.9. The van der Waals surface area contributed by atoms with Gasteiger partial charge >= 0.3 is 0 Å². The molecular weight excluding hydrogens is 208 g/mol. The van der Waals surface area contributed by atoms with Crippen LogP contribution in [-0.2, 0) is 0 Å². The molecule has 0 spiro atoms. The van der Waals surface area contributed by atoms with Crippen molar-refractivity contribution < 1.29 is 0 Å². The van der Waals surface area contributed by atoms with E-state index in [1.807, 2.05) is 18.2 Å². The van der Waals surface area contributed by atoms with Crippen LogP contribution in [-0.4, -0.2) is 6.04 Å². The fourth-order valence-corrected chi connectivity index (χ4v) is 2.28. The number of rotatable bonds is 4. The minimum atomic E-state index is 0.165. The molecule has 0 aromatic heterocycles. The van der Waals surface area contributed by atoms with Gasteiger partial charge in [-0.25, -0.2) is 0 Å². The van der Waals surface area contributed by atoms with Gasteiger partial charge in [0, 0.05) is 12.1 Å². The number of nitrogens with zero attached hydrogens (tertiary/aromatic N) is 1. The molecule has 1 aromatic carbocycles. The predicted molar refractivity (Wildman–Crippen MR) is 69.3 cm³/mol. The lowest BCUT2D eigenvalue weighted by atomic mass is 9.98. The zero-order valence-electron chi connectivity index (χ0n) is 9.97. The van der Waals surface area contributed by atoms with E-state index in [4.69, 9.17) is 5.26 Å². The third-order valence-electron chi connectivity index (χ3n) is 3.20. The summed E-state index contributed by atoms with van der Waals surface area (Å²) in [5.74, 6) is 0. The van der Waals surface area contributed by atoms with E-state index in [2.05, 4.69) is 35.7 Å². The van der Waals surface area contributed by atoms with E-state index in [0.29, 0.717) is 12.5 Å². The minimum absolute atomic E-state index is 0.165. The Morgan fingerprint density at radius 1 is 1.29 bits per heavy atom. The van der Waals surface area contributed by atoms with E-state index in [1.54, 1.807) is 0 Å². The Kier molecular flexibility index (Phi) is 4.35. The molecule has 0 saturated carbocycles. The minimum Gasteiger partial charge on any atom is -0.306 e. The van der Waals surface area contributed by atoms with Crippen molar-refractivity contribution in [3.8, 4) is 6.07 Å².